The molecular weight excluding hydrogens is 470 g/mol. The number of nitrogens with two attached hydrogens (primary N) is 1. The van der Waals surface area contributed by atoms with E-state index in [1.807, 2.05) is 52.1 Å². The smallest absolute Gasteiger partial charge is 0.252 e. The van der Waals surface area contributed by atoms with Gasteiger partial charge in [0.25, 0.3) is 5.91 Å². The maximum atomic E-state index is 13.4. The lowest BCUT2D eigenvalue weighted by atomic mass is 9.92. The highest BCUT2D eigenvalue weighted by molar-refractivity contribution is 6.07. The third kappa shape index (κ3) is 5.95. The number of aliphatic hydroxyl groups excluding tert-OH is 1. The van der Waals surface area contributed by atoms with Crippen LogP contribution in [0.1, 0.15) is 50.5 Å². The standard InChI is InChI=1S/C28H33N5O4/c1-16(2)33-14-24-22(28(36)30-13-23-18(4)8-17(3)9-26(23)35)11-25(31-27(24)32-33)19-6-5-7-21(10-19)37-15-20(34)12-29/h5-8,10-11,14,16,20,34H,9,12-13,15,29H2,1-4H3,(H,30,36). The fraction of sp³-hybridized carbons (Fsp3) is 0.357. The summed E-state index contributed by atoms with van der Waals surface area (Å²) in [6, 6.07) is 9.07. The third-order valence-corrected chi connectivity index (χ3v) is 6.27. The summed E-state index contributed by atoms with van der Waals surface area (Å²) < 4.78 is 7.43. The lowest BCUT2D eigenvalue weighted by Gasteiger charge is -2.16. The van der Waals surface area contributed by atoms with Crippen molar-refractivity contribution in [1.29, 1.82) is 0 Å². The number of nitrogens with one attached hydrogen (secondary N) is 1. The molecule has 4 rings (SSSR count). The van der Waals surface area contributed by atoms with E-state index in [-0.39, 0.29) is 37.4 Å². The highest BCUT2D eigenvalue weighted by Gasteiger charge is 2.21. The summed E-state index contributed by atoms with van der Waals surface area (Å²) in [7, 11) is 0. The summed E-state index contributed by atoms with van der Waals surface area (Å²) in [4.78, 5) is 30.7. The van der Waals surface area contributed by atoms with E-state index in [2.05, 4.69) is 10.4 Å². The van der Waals surface area contributed by atoms with Gasteiger partial charge < -0.3 is 20.9 Å². The van der Waals surface area contributed by atoms with Crippen molar-refractivity contribution in [3.05, 3.63) is 64.9 Å². The van der Waals surface area contributed by atoms with Crippen molar-refractivity contribution in [2.75, 3.05) is 19.7 Å². The van der Waals surface area contributed by atoms with E-state index in [1.165, 1.54) is 0 Å². The van der Waals surface area contributed by atoms with Crippen LogP contribution in [0.4, 0.5) is 0 Å². The van der Waals surface area contributed by atoms with Crippen molar-refractivity contribution in [2.24, 2.45) is 5.73 Å². The number of hydrogen-bond donors (Lipinski definition) is 3. The Morgan fingerprint density at radius 3 is 2.76 bits per heavy atom. The maximum absolute atomic E-state index is 13.4. The molecule has 194 valence electrons. The molecule has 0 fully saturated rings. The summed E-state index contributed by atoms with van der Waals surface area (Å²) in [5.74, 6) is 0.268. The first-order chi connectivity index (χ1) is 17.7. The predicted octanol–water partition coefficient (Wildman–Crippen LogP) is 3.34. The fourth-order valence-corrected chi connectivity index (χ4v) is 4.21. The van der Waals surface area contributed by atoms with Crippen LogP contribution in [0.2, 0.25) is 0 Å². The molecule has 1 amide bonds. The number of ketones is 1. The van der Waals surface area contributed by atoms with Crippen molar-refractivity contribution in [3.63, 3.8) is 0 Å². The van der Waals surface area contributed by atoms with Gasteiger partial charge in [0.05, 0.1) is 16.6 Å². The van der Waals surface area contributed by atoms with Crippen LogP contribution in [0.3, 0.4) is 0 Å². The molecular formula is C28H33N5O4. The fourth-order valence-electron chi connectivity index (χ4n) is 4.21. The normalized spacial score (nSPS) is 14.8. The Morgan fingerprint density at radius 1 is 1.27 bits per heavy atom. The first-order valence-corrected chi connectivity index (χ1v) is 12.4. The van der Waals surface area contributed by atoms with E-state index in [9.17, 15) is 14.7 Å². The Balaban J connectivity index is 1.68. The second kappa shape index (κ2) is 11.1. The SMILES string of the molecule is CC1=CC(C)=C(CNC(=O)c2cc(-c3cccc(OCC(O)CN)c3)nc3nn(C(C)C)cc23)C(=O)C1. The average molecular weight is 504 g/mol. The van der Waals surface area contributed by atoms with E-state index >= 15 is 0 Å². The van der Waals surface area contributed by atoms with Crippen LogP contribution < -0.4 is 15.8 Å². The molecule has 9 nitrogen and oxygen atoms in total. The largest absolute Gasteiger partial charge is 0.491 e. The van der Waals surface area contributed by atoms with Crippen LogP contribution >= 0.6 is 0 Å². The van der Waals surface area contributed by atoms with Crippen molar-refractivity contribution >= 4 is 22.7 Å². The summed E-state index contributed by atoms with van der Waals surface area (Å²) >= 11 is 0. The number of carbonyl (C=O) groups excluding carboxylic acids is 2. The van der Waals surface area contributed by atoms with E-state index in [0.717, 1.165) is 16.7 Å². The van der Waals surface area contributed by atoms with Crippen LogP contribution in [0.5, 0.6) is 5.75 Å². The van der Waals surface area contributed by atoms with Crippen molar-refractivity contribution in [3.8, 4) is 17.0 Å². The topological polar surface area (TPSA) is 132 Å². The summed E-state index contributed by atoms with van der Waals surface area (Å²) in [5.41, 5.74) is 10.1. The van der Waals surface area contributed by atoms with Gasteiger partial charge in [-0.2, -0.15) is 5.10 Å². The van der Waals surface area contributed by atoms with Gasteiger partial charge in [0.2, 0.25) is 0 Å². The minimum absolute atomic E-state index is 0.0301. The zero-order valence-electron chi connectivity index (χ0n) is 21.6. The lowest BCUT2D eigenvalue weighted by molar-refractivity contribution is -0.115. The summed E-state index contributed by atoms with van der Waals surface area (Å²) in [5, 5.41) is 17.9. The van der Waals surface area contributed by atoms with Gasteiger partial charge in [-0.15, -0.1) is 0 Å². The van der Waals surface area contributed by atoms with Crippen molar-refractivity contribution in [1.82, 2.24) is 20.1 Å². The molecule has 1 unspecified atom stereocenters. The molecule has 2 heterocycles. The van der Waals surface area contributed by atoms with Crippen LogP contribution in [0, 0.1) is 0 Å². The van der Waals surface area contributed by atoms with Gasteiger partial charge in [0.15, 0.2) is 11.4 Å². The highest BCUT2D eigenvalue weighted by atomic mass is 16.5. The van der Waals surface area contributed by atoms with Crippen molar-refractivity contribution in [2.45, 2.75) is 46.3 Å². The molecule has 2 aromatic heterocycles. The Bertz CT molecular complexity index is 1400. The molecule has 1 aromatic carbocycles. The minimum atomic E-state index is -0.761. The molecule has 9 heteroatoms. The van der Waals surface area contributed by atoms with Crippen molar-refractivity contribution < 1.29 is 19.4 Å². The van der Waals surface area contributed by atoms with Gasteiger partial charge in [-0.25, -0.2) is 4.98 Å². The number of pyridine rings is 1. The molecule has 37 heavy (non-hydrogen) atoms. The Morgan fingerprint density at radius 2 is 2.05 bits per heavy atom. The molecule has 1 aliphatic carbocycles. The summed E-state index contributed by atoms with van der Waals surface area (Å²) in [6.07, 6.45) is 3.41. The highest BCUT2D eigenvalue weighted by Crippen LogP contribution is 2.28. The number of benzene rings is 1. The van der Waals surface area contributed by atoms with Gasteiger partial charge in [0, 0.05) is 42.9 Å². The number of hydrogen-bond acceptors (Lipinski definition) is 7. The van der Waals surface area contributed by atoms with Crippen LogP contribution in [-0.4, -0.2) is 57.4 Å². The van der Waals surface area contributed by atoms with Crippen LogP contribution in [0.25, 0.3) is 22.3 Å². The van der Waals surface area contributed by atoms with Gasteiger partial charge in [-0.3, -0.25) is 14.3 Å². The van der Waals surface area contributed by atoms with E-state index < -0.39 is 6.10 Å². The van der Waals surface area contributed by atoms with Crippen LogP contribution in [0.15, 0.2) is 59.3 Å². The number of fused-ring (bicyclic) bond motifs is 1. The number of rotatable bonds is 9. The van der Waals surface area contributed by atoms with Gasteiger partial charge in [-0.05, 0) is 51.5 Å². The van der Waals surface area contributed by atoms with E-state index in [0.29, 0.717) is 40.0 Å². The number of allylic oxidation sites excluding steroid dienone is 3. The number of aliphatic hydroxyl groups is 1. The van der Waals surface area contributed by atoms with Gasteiger partial charge in [-0.1, -0.05) is 23.8 Å². The Hall–Kier alpha value is -3.82. The molecule has 1 aliphatic rings. The number of nitrogens with zero attached hydrogens (tertiary/aromatic N) is 3. The number of aromatic nitrogens is 3. The molecule has 0 saturated heterocycles. The monoisotopic (exact) mass is 503 g/mol. The number of ether oxygens (including phenoxy) is 1. The first kappa shape index (κ1) is 26.2. The Kier molecular flexibility index (Phi) is 7.85. The minimum Gasteiger partial charge on any atom is -0.491 e. The van der Waals surface area contributed by atoms with Gasteiger partial charge >= 0.3 is 0 Å². The van der Waals surface area contributed by atoms with E-state index in [4.69, 9.17) is 15.5 Å². The number of carbonyl (C=O) groups is 2. The second-order valence-electron chi connectivity index (χ2n) is 9.66. The third-order valence-electron chi connectivity index (χ3n) is 6.27. The molecule has 0 aliphatic heterocycles. The molecule has 4 N–H and O–H groups in total. The molecule has 0 spiro atoms. The quantitative estimate of drug-likeness (QED) is 0.408. The Labute approximate surface area is 216 Å². The molecule has 0 saturated carbocycles. The molecule has 1 atom stereocenters. The van der Waals surface area contributed by atoms with E-state index in [1.54, 1.807) is 22.9 Å². The van der Waals surface area contributed by atoms with Gasteiger partial charge in [0.1, 0.15) is 18.5 Å². The molecule has 3 aromatic rings. The number of Topliss-reactive ketones (excluding diaryl/α,β-unsaturated/α-hetero) is 1. The zero-order chi connectivity index (χ0) is 26.7. The van der Waals surface area contributed by atoms with Crippen LogP contribution in [-0.2, 0) is 4.79 Å². The molecule has 0 radical (unpaired) electrons. The first-order valence-electron chi connectivity index (χ1n) is 12.4. The lowest BCUT2D eigenvalue weighted by Crippen LogP contribution is -2.29. The average Bonchev–Trinajstić information content (AvgIpc) is 3.31. The second-order valence-corrected chi connectivity index (χ2v) is 9.66. The predicted molar refractivity (Wildman–Crippen MR) is 142 cm³/mol. The maximum Gasteiger partial charge on any atom is 0.252 e. The zero-order valence-corrected chi connectivity index (χ0v) is 21.6. The summed E-state index contributed by atoms with van der Waals surface area (Å²) in [6.45, 7) is 8.15. The molecule has 0 bridgehead atoms. The number of amides is 1.